The summed E-state index contributed by atoms with van der Waals surface area (Å²) in [7, 11) is 0. The molecule has 0 unspecified atom stereocenters. The lowest BCUT2D eigenvalue weighted by atomic mass is 10.0. The molecule has 3 N–H and O–H groups in total. The van der Waals surface area contributed by atoms with Crippen LogP contribution >= 0.6 is 0 Å². The zero-order chi connectivity index (χ0) is 23.1. The number of rotatable bonds is 7. The lowest BCUT2D eigenvalue weighted by Gasteiger charge is -2.23. The molecule has 0 spiro atoms. The van der Waals surface area contributed by atoms with Crippen molar-refractivity contribution >= 4 is 29.3 Å². The molecular weight excluding hydrogens is 394 g/mol. The van der Waals surface area contributed by atoms with Gasteiger partial charge in [0, 0.05) is 11.4 Å². The predicted octanol–water partition coefficient (Wildman–Crippen LogP) is 4.33. The van der Waals surface area contributed by atoms with Gasteiger partial charge >= 0.3 is 12.0 Å². The molecule has 0 heterocycles. The minimum Gasteiger partial charge on any atom is -0.451 e. The summed E-state index contributed by atoms with van der Waals surface area (Å²) < 4.78 is 5.37. The summed E-state index contributed by atoms with van der Waals surface area (Å²) in [4.78, 5) is 37.6. The van der Waals surface area contributed by atoms with Gasteiger partial charge in [0.05, 0.1) is 0 Å². The number of hydrogen-bond donors (Lipinski definition) is 3. The van der Waals surface area contributed by atoms with Crippen LogP contribution in [0.25, 0.3) is 0 Å². The molecule has 166 valence electrons. The molecule has 3 amide bonds. The van der Waals surface area contributed by atoms with Crippen molar-refractivity contribution in [1.82, 2.24) is 5.32 Å². The maximum atomic E-state index is 12.7. The summed E-state index contributed by atoms with van der Waals surface area (Å²) in [6.45, 7) is 10.9. The van der Waals surface area contributed by atoms with Crippen molar-refractivity contribution in [2.45, 2.75) is 53.7 Å². The molecule has 0 aliphatic carbocycles. The summed E-state index contributed by atoms with van der Waals surface area (Å²) >= 11 is 0. The van der Waals surface area contributed by atoms with Gasteiger partial charge in [0.25, 0.3) is 5.91 Å². The Balaban J connectivity index is 1.99. The van der Waals surface area contributed by atoms with Crippen LogP contribution in [0.1, 0.15) is 37.5 Å². The number of aryl methyl sites for hydroxylation is 3. The number of carbonyl (C=O) groups excluding carboxylic acids is 3. The van der Waals surface area contributed by atoms with Gasteiger partial charge in [-0.3, -0.25) is 4.79 Å². The largest absolute Gasteiger partial charge is 0.451 e. The Morgan fingerprint density at radius 2 is 1.45 bits per heavy atom. The van der Waals surface area contributed by atoms with Crippen molar-refractivity contribution in [2.75, 3.05) is 10.6 Å². The fraction of sp³-hybridized carbons (Fsp3) is 0.375. The van der Waals surface area contributed by atoms with E-state index >= 15 is 0 Å². The lowest BCUT2D eigenvalue weighted by Crippen LogP contribution is -2.48. The van der Waals surface area contributed by atoms with E-state index in [-0.39, 0.29) is 5.92 Å². The van der Waals surface area contributed by atoms with Gasteiger partial charge in [-0.15, -0.1) is 0 Å². The Morgan fingerprint density at radius 3 is 2.00 bits per heavy atom. The quantitative estimate of drug-likeness (QED) is 0.575. The first-order valence-corrected chi connectivity index (χ1v) is 10.3. The van der Waals surface area contributed by atoms with Crippen LogP contribution in [-0.2, 0) is 14.3 Å². The van der Waals surface area contributed by atoms with E-state index in [0.29, 0.717) is 11.4 Å². The summed E-state index contributed by atoms with van der Waals surface area (Å²) in [6, 6.07) is 11.4. The highest BCUT2D eigenvalue weighted by molar-refractivity contribution is 5.97. The topological polar surface area (TPSA) is 96.5 Å². The maximum Gasteiger partial charge on any atom is 0.329 e. The normalized spacial score (nSPS) is 12.6. The van der Waals surface area contributed by atoms with Gasteiger partial charge in [-0.2, -0.15) is 0 Å². The van der Waals surface area contributed by atoms with Crippen LogP contribution < -0.4 is 16.0 Å². The molecule has 0 radical (unpaired) electrons. The SMILES string of the molecule is Cc1cc(C)c(NC(=O)[C@H](C)OC(=O)[C@H](NC(=O)Nc2ccccc2)C(C)C)c(C)c1. The van der Waals surface area contributed by atoms with Crippen molar-refractivity contribution < 1.29 is 19.1 Å². The first-order valence-electron chi connectivity index (χ1n) is 10.3. The van der Waals surface area contributed by atoms with Crippen molar-refractivity contribution in [2.24, 2.45) is 5.92 Å². The number of anilines is 2. The van der Waals surface area contributed by atoms with E-state index in [0.717, 1.165) is 16.7 Å². The molecule has 0 aliphatic rings. The van der Waals surface area contributed by atoms with E-state index in [2.05, 4.69) is 16.0 Å². The number of ether oxygens (including phenoxy) is 1. The number of nitrogens with one attached hydrogen (secondary N) is 3. The number of urea groups is 1. The predicted molar refractivity (Wildman–Crippen MR) is 122 cm³/mol. The van der Waals surface area contributed by atoms with Crippen LogP contribution in [0.15, 0.2) is 42.5 Å². The smallest absolute Gasteiger partial charge is 0.329 e. The highest BCUT2D eigenvalue weighted by Gasteiger charge is 2.29. The second-order valence-corrected chi connectivity index (χ2v) is 8.03. The van der Waals surface area contributed by atoms with Crippen LogP contribution in [0.5, 0.6) is 0 Å². The molecule has 2 aromatic rings. The van der Waals surface area contributed by atoms with Crippen LogP contribution in [0, 0.1) is 26.7 Å². The van der Waals surface area contributed by atoms with Gasteiger partial charge in [0.2, 0.25) is 0 Å². The summed E-state index contributed by atoms with van der Waals surface area (Å²) in [5.74, 6) is -1.33. The second kappa shape index (κ2) is 10.6. The van der Waals surface area contributed by atoms with Crippen LogP contribution in [0.3, 0.4) is 0 Å². The number of para-hydroxylation sites is 1. The first-order chi connectivity index (χ1) is 14.6. The number of carbonyl (C=O) groups is 3. The van der Waals surface area contributed by atoms with E-state index in [1.54, 1.807) is 38.1 Å². The minimum atomic E-state index is -1.02. The molecule has 0 saturated carbocycles. The first kappa shape index (κ1) is 23.9. The zero-order valence-electron chi connectivity index (χ0n) is 18.9. The van der Waals surface area contributed by atoms with Gasteiger partial charge in [-0.05, 0) is 56.9 Å². The molecule has 0 fully saturated rings. The minimum absolute atomic E-state index is 0.231. The summed E-state index contributed by atoms with van der Waals surface area (Å²) in [5, 5.41) is 8.13. The number of amides is 3. The standard InChI is InChI=1S/C24H31N3O4/c1-14(2)20(27-24(30)25-19-10-8-7-9-11-19)23(29)31-18(6)22(28)26-21-16(4)12-15(3)13-17(21)5/h7-14,18,20H,1-6H3,(H,26,28)(H2,25,27,30)/t18-,20+/m0/s1. The number of hydrogen-bond acceptors (Lipinski definition) is 4. The molecule has 2 aromatic carbocycles. The average molecular weight is 426 g/mol. The molecule has 7 nitrogen and oxygen atoms in total. The average Bonchev–Trinajstić information content (AvgIpc) is 2.69. The number of esters is 1. The van der Waals surface area contributed by atoms with Crippen LogP contribution in [0.4, 0.5) is 16.2 Å². The molecular formula is C24H31N3O4. The summed E-state index contributed by atoms with van der Waals surface area (Å²) in [6.07, 6.45) is -1.02. The molecule has 2 rings (SSSR count). The van der Waals surface area contributed by atoms with Crippen molar-refractivity contribution in [1.29, 1.82) is 0 Å². The Kier molecular flexibility index (Phi) is 8.19. The number of benzene rings is 2. The zero-order valence-corrected chi connectivity index (χ0v) is 18.9. The van der Waals surface area contributed by atoms with E-state index < -0.39 is 30.1 Å². The molecule has 0 saturated heterocycles. The van der Waals surface area contributed by atoms with Gasteiger partial charge in [0.1, 0.15) is 6.04 Å². The third kappa shape index (κ3) is 6.84. The Labute approximate surface area is 183 Å². The monoisotopic (exact) mass is 425 g/mol. The van der Waals surface area contributed by atoms with Gasteiger partial charge < -0.3 is 20.7 Å². The van der Waals surface area contributed by atoms with Crippen LogP contribution in [0.2, 0.25) is 0 Å². The molecule has 31 heavy (non-hydrogen) atoms. The van der Waals surface area contributed by atoms with Crippen molar-refractivity contribution in [3.05, 3.63) is 59.2 Å². The van der Waals surface area contributed by atoms with Gasteiger partial charge in [0.15, 0.2) is 6.10 Å². The third-order valence-electron chi connectivity index (χ3n) is 4.83. The van der Waals surface area contributed by atoms with E-state index in [9.17, 15) is 14.4 Å². The Morgan fingerprint density at radius 1 is 0.871 bits per heavy atom. The van der Waals surface area contributed by atoms with Crippen molar-refractivity contribution in [3.8, 4) is 0 Å². The lowest BCUT2D eigenvalue weighted by molar-refractivity contribution is -0.156. The fourth-order valence-corrected chi connectivity index (χ4v) is 3.23. The summed E-state index contributed by atoms with van der Waals surface area (Å²) in [5.41, 5.74) is 4.28. The molecule has 0 aliphatic heterocycles. The highest BCUT2D eigenvalue weighted by atomic mass is 16.5. The van der Waals surface area contributed by atoms with Crippen molar-refractivity contribution in [3.63, 3.8) is 0 Å². The fourth-order valence-electron chi connectivity index (χ4n) is 3.23. The molecule has 0 aromatic heterocycles. The van der Waals surface area contributed by atoms with E-state index in [1.807, 2.05) is 39.0 Å². The van der Waals surface area contributed by atoms with E-state index in [1.165, 1.54) is 6.92 Å². The molecule has 0 bridgehead atoms. The van der Waals surface area contributed by atoms with Crippen LogP contribution in [-0.4, -0.2) is 30.1 Å². The highest BCUT2D eigenvalue weighted by Crippen LogP contribution is 2.22. The van der Waals surface area contributed by atoms with Gasteiger partial charge in [-0.1, -0.05) is 49.7 Å². The van der Waals surface area contributed by atoms with E-state index in [4.69, 9.17) is 4.74 Å². The maximum absolute atomic E-state index is 12.7. The molecule has 7 heteroatoms. The second-order valence-electron chi connectivity index (χ2n) is 8.03. The molecule has 2 atom stereocenters. The Bertz CT molecular complexity index is 918. The van der Waals surface area contributed by atoms with Gasteiger partial charge in [-0.25, -0.2) is 9.59 Å². The Hall–Kier alpha value is -3.35. The third-order valence-corrected chi connectivity index (χ3v) is 4.83.